The first-order valence-corrected chi connectivity index (χ1v) is 11.2. The van der Waals surface area contributed by atoms with Crippen molar-refractivity contribution >= 4 is 5.82 Å². The van der Waals surface area contributed by atoms with Crippen LogP contribution in [0.4, 0.5) is 5.82 Å². The van der Waals surface area contributed by atoms with Gasteiger partial charge in [-0.1, -0.05) is 6.42 Å². The number of aryl methyl sites for hydroxylation is 2. The molecule has 1 saturated heterocycles. The Balaban J connectivity index is 1.16. The molecule has 5 rings (SSSR count). The SMILES string of the molecule is O=c1cc2c(nn1CCN1CCN(c3ccnc(C4CCC4)n3)CC1)CCCC2. The van der Waals surface area contributed by atoms with E-state index in [1.165, 1.54) is 32.1 Å². The monoisotopic (exact) mass is 394 g/mol. The van der Waals surface area contributed by atoms with Crippen molar-refractivity contribution in [3.8, 4) is 0 Å². The Morgan fingerprint density at radius 2 is 1.83 bits per heavy atom. The summed E-state index contributed by atoms with van der Waals surface area (Å²) in [5.41, 5.74) is 2.35. The molecule has 3 heterocycles. The van der Waals surface area contributed by atoms with Gasteiger partial charge >= 0.3 is 0 Å². The largest absolute Gasteiger partial charge is 0.354 e. The normalized spacial score (nSPS) is 20.3. The van der Waals surface area contributed by atoms with Crippen LogP contribution in [0.3, 0.4) is 0 Å². The van der Waals surface area contributed by atoms with Gasteiger partial charge in [-0.25, -0.2) is 14.6 Å². The number of hydrogen-bond acceptors (Lipinski definition) is 6. The summed E-state index contributed by atoms with van der Waals surface area (Å²) in [7, 11) is 0. The fraction of sp³-hybridized carbons (Fsp3) is 0.636. The minimum absolute atomic E-state index is 0.0498. The van der Waals surface area contributed by atoms with Gasteiger partial charge in [-0.05, 0) is 50.2 Å². The molecule has 0 atom stereocenters. The first-order valence-electron chi connectivity index (χ1n) is 11.2. The summed E-state index contributed by atoms with van der Waals surface area (Å²) in [5, 5.41) is 4.65. The van der Waals surface area contributed by atoms with Crippen molar-refractivity contribution in [2.75, 3.05) is 37.6 Å². The molecule has 3 aliphatic rings. The zero-order valence-corrected chi connectivity index (χ0v) is 17.1. The predicted molar refractivity (Wildman–Crippen MR) is 112 cm³/mol. The van der Waals surface area contributed by atoms with Gasteiger partial charge in [0.1, 0.15) is 11.6 Å². The smallest absolute Gasteiger partial charge is 0.267 e. The Morgan fingerprint density at radius 3 is 2.62 bits per heavy atom. The number of piperazine rings is 1. The Labute approximate surface area is 171 Å². The van der Waals surface area contributed by atoms with E-state index < -0.39 is 0 Å². The summed E-state index contributed by atoms with van der Waals surface area (Å²) < 4.78 is 1.67. The van der Waals surface area contributed by atoms with E-state index >= 15 is 0 Å². The molecule has 2 aliphatic carbocycles. The Bertz CT molecular complexity index is 914. The minimum Gasteiger partial charge on any atom is -0.354 e. The van der Waals surface area contributed by atoms with Crippen LogP contribution in [-0.4, -0.2) is 57.4 Å². The summed E-state index contributed by atoms with van der Waals surface area (Å²) >= 11 is 0. The summed E-state index contributed by atoms with van der Waals surface area (Å²) in [5.74, 6) is 2.65. The summed E-state index contributed by atoms with van der Waals surface area (Å²) in [6, 6.07) is 3.85. The molecule has 29 heavy (non-hydrogen) atoms. The number of hydrogen-bond donors (Lipinski definition) is 0. The van der Waals surface area contributed by atoms with Gasteiger partial charge in [0.25, 0.3) is 5.56 Å². The molecule has 2 aromatic heterocycles. The summed E-state index contributed by atoms with van der Waals surface area (Å²) in [6.07, 6.45) is 10.1. The van der Waals surface area contributed by atoms with Crippen LogP contribution in [-0.2, 0) is 19.4 Å². The second kappa shape index (κ2) is 8.22. The van der Waals surface area contributed by atoms with Crippen molar-refractivity contribution in [3.63, 3.8) is 0 Å². The zero-order valence-electron chi connectivity index (χ0n) is 17.1. The zero-order chi connectivity index (χ0) is 19.6. The van der Waals surface area contributed by atoms with Crippen LogP contribution in [0.25, 0.3) is 0 Å². The predicted octanol–water partition coefficient (Wildman–Crippen LogP) is 2.00. The highest BCUT2D eigenvalue weighted by Crippen LogP contribution is 2.34. The molecule has 1 aliphatic heterocycles. The molecular weight excluding hydrogens is 364 g/mol. The van der Waals surface area contributed by atoms with Crippen LogP contribution in [0.1, 0.15) is 55.1 Å². The molecule has 1 saturated carbocycles. The summed E-state index contributed by atoms with van der Waals surface area (Å²) in [6.45, 7) is 5.45. The second-order valence-corrected chi connectivity index (χ2v) is 8.61. The topological polar surface area (TPSA) is 67.2 Å². The summed E-state index contributed by atoms with van der Waals surface area (Å²) in [4.78, 5) is 26.5. The highest BCUT2D eigenvalue weighted by Gasteiger charge is 2.24. The Hall–Kier alpha value is -2.28. The van der Waals surface area contributed by atoms with Crippen LogP contribution in [0.2, 0.25) is 0 Å². The van der Waals surface area contributed by atoms with E-state index in [2.05, 4.69) is 19.9 Å². The number of rotatable bonds is 5. The average Bonchev–Trinajstić information content (AvgIpc) is 2.72. The maximum absolute atomic E-state index is 12.4. The standard InChI is InChI=1S/C22H30N6O/c29-21-16-18-4-1-2-7-19(18)25-28(21)15-12-26-10-13-27(14-11-26)20-8-9-23-22(24-20)17-5-3-6-17/h8-9,16-17H,1-7,10-15H2. The molecule has 7 nitrogen and oxygen atoms in total. The van der Waals surface area contributed by atoms with Crippen LogP contribution < -0.4 is 10.5 Å². The van der Waals surface area contributed by atoms with Gasteiger partial charge in [-0.3, -0.25) is 9.69 Å². The van der Waals surface area contributed by atoms with E-state index in [0.717, 1.165) is 68.5 Å². The first kappa shape index (κ1) is 18.7. The van der Waals surface area contributed by atoms with Gasteiger partial charge in [0.05, 0.1) is 12.2 Å². The number of aromatic nitrogens is 4. The van der Waals surface area contributed by atoms with Gasteiger partial charge in [0.15, 0.2) is 0 Å². The molecule has 0 bridgehead atoms. The third-order valence-corrected chi connectivity index (χ3v) is 6.73. The molecule has 0 unspecified atom stereocenters. The molecule has 0 spiro atoms. The highest BCUT2D eigenvalue weighted by atomic mass is 16.1. The molecule has 154 valence electrons. The number of fused-ring (bicyclic) bond motifs is 1. The van der Waals surface area contributed by atoms with E-state index in [4.69, 9.17) is 4.98 Å². The molecule has 0 radical (unpaired) electrons. The van der Waals surface area contributed by atoms with Crippen molar-refractivity contribution in [1.82, 2.24) is 24.6 Å². The van der Waals surface area contributed by atoms with Gasteiger partial charge in [0, 0.05) is 50.9 Å². The minimum atomic E-state index is 0.0498. The molecule has 2 fully saturated rings. The van der Waals surface area contributed by atoms with Crippen LogP contribution in [0.15, 0.2) is 23.1 Å². The van der Waals surface area contributed by atoms with E-state index in [9.17, 15) is 4.79 Å². The van der Waals surface area contributed by atoms with E-state index in [0.29, 0.717) is 12.5 Å². The van der Waals surface area contributed by atoms with Crippen molar-refractivity contribution in [2.45, 2.75) is 57.4 Å². The fourth-order valence-corrected chi connectivity index (χ4v) is 4.60. The van der Waals surface area contributed by atoms with E-state index in [-0.39, 0.29) is 5.56 Å². The van der Waals surface area contributed by atoms with E-state index in [1.807, 2.05) is 18.3 Å². The lowest BCUT2D eigenvalue weighted by Gasteiger charge is -2.35. The van der Waals surface area contributed by atoms with Gasteiger partial charge < -0.3 is 4.90 Å². The van der Waals surface area contributed by atoms with Crippen molar-refractivity contribution in [3.05, 3.63) is 45.8 Å². The second-order valence-electron chi connectivity index (χ2n) is 8.61. The quantitative estimate of drug-likeness (QED) is 0.773. The third kappa shape index (κ3) is 4.06. The molecular formula is C22H30N6O. The maximum Gasteiger partial charge on any atom is 0.267 e. The highest BCUT2D eigenvalue weighted by molar-refractivity contribution is 5.38. The van der Waals surface area contributed by atoms with E-state index in [1.54, 1.807) is 4.68 Å². The Morgan fingerprint density at radius 1 is 1.00 bits per heavy atom. The number of anilines is 1. The molecule has 0 amide bonds. The third-order valence-electron chi connectivity index (χ3n) is 6.73. The van der Waals surface area contributed by atoms with Gasteiger partial charge in [-0.2, -0.15) is 5.10 Å². The lowest BCUT2D eigenvalue weighted by atomic mass is 9.85. The lowest BCUT2D eigenvalue weighted by molar-refractivity contribution is 0.241. The lowest BCUT2D eigenvalue weighted by Crippen LogP contribution is -2.48. The van der Waals surface area contributed by atoms with Gasteiger partial charge in [0.2, 0.25) is 0 Å². The molecule has 0 N–H and O–H groups in total. The molecule has 2 aromatic rings. The van der Waals surface area contributed by atoms with Crippen LogP contribution in [0, 0.1) is 0 Å². The molecule has 7 heteroatoms. The van der Waals surface area contributed by atoms with Crippen molar-refractivity contribution < 1.29 is 0 Å². The first-order chi connectivity index (χ1) is 14.3. The number of nitrogens with zero attached hydrogens (tertiary/aromatic N) is 6. The van der Waals surface area contributed by atoms with Crippen molar-refractivity contribution in [2.24, 2.45) is 0 Å². The van der Waals surface area contributed by atoms with Crippen molar-refractivity contribution in [1.29, 1.82) is 0 Å². The average molecular weight is 395 g/mol. The van der Waals surface area contributed by atoms with Crippen LogP contribution >= 0.6 is 0 Å². The Kier molecular flexibility index (Phi) is 5.31. The van der Waals surface area contributed by atoms with Crippen LogP contribution in [0.5, 0.6) is 0 Å². The van der Waals surface area contributed by atoms with Gasteiger partial charge in [-0.15, -0.1) is 0 Å². The molecule has 0 aromatic carbocycles. The maximum atomic E-state index is 12.4. The fourth-order valence-electron chi connectivity index (χ4n) is 4.60.